The summed E-state index contributed by atoms with van der Waals surface area (Å²) in [6, 6.07) is 14.7. The van der Waals surface area contributed by atoms with Crippen molar-refractivity contribution < 1.29 is 4.79 Å². The predicted molar refractivity (Wildman–Crippen MR) is 99.2 cm³/mol. The summed E-state index contributed by atoms with van der Waals surface area (Å²) in [5.74, 6) is 0. The third-order valence-electron chi connectivity index (χ3n) is 5.71. The maximum Gasteiger partial charge on any atom is 0.322 e. The fourth-order valence-electron chi connectivity index (χ4n) is 5.22. The molecule has 1 saturated heterocycles. The average molecular weight is 322 g/mol. The van der Waals surface area contributed by atoms with E-state index in [1.54, 1.807) is 0 Å². The Labute approximate surface area is 144 Å². The molecule has 4 rings (SSSR count). The van der Waals surface area contributed by atoms with Crippen molar-refractivity contribution >= 4 is 22.5 Å². The van der Waals surface area contributed by atoms with Gasteiger partial charge in [-0.05, 0) is 41.5 Å². The minimum absolute atomic E-state index is 0.0535. The molecule has 3 nitrogen and oxygen atoms in total. The highest BCUT2D eigenvalue weighted by Gasteiger charge is 2.51. The summed E-state index contributed by atoms with van der Waals surface area (Å²) in [6.07, 6.45) is 3.44. The summed E-state index contributed by atoms with van der Waals surface area (Å²) in [6.45, 7) is 7.89. The van der Waals surface area contributed by atoms with Crippen LogP contribution >= 0.6 is 0 Å². The second kappa shape index (κ2) is 5.23. The molecule has 0 spiro atoms. The smallest absolute Gasteiger partial charge is 0.321 e. The van der Waals surface area contributed by atoms with Crippen LogP contribution in [-0.2, 0) is 0 Å². The van der Waals surface area contributed by atoms with E-state index < -0.39 is 0 Å². The fraction of sp³-hybridized carbons (Fsp3) is 0.476. The summed E-state index contributed by atoms with van der Waals surface area (Å²) in [5.41, 5.74) is 1.50. The van der Waals surface area contributed by atoms with Crippen molar-refractivity contribution in [3.05, 3.63) is 42.5 Å². The molecule has 1 heterocycles. The molecule has 126 valence electrons. The zero-order chi connectivity index (χ0) is 16.9. The lowest BCUT2D eigenvalue weighted by Crippen LogP contribution is -2.40. The Balaban J connectivity index is 1.59. The van der Waals surface area contributed by atoms with Crippen molar-refractivity contribution in [2.45, 2.75) is 46.1 Å². The topological polar surface area (TPSA) is 32.3 Å². The van der Waals surface area contributed by atoms with Crippen molar-refractivity contribution in [1.82, 2.24) is 4.90 Å². The highest BCUT2D eigenvalue weighted by atomic mass is 16.2. The number of fused-ring (bicyclic) bond motifs is 3. The van der Waals surface area contributed by atoms with Gasteiger partial charge in [0, 0.05) is 18.0 Å². The van der Waals surface area contributed by atoms with Crippen LogP contribution in [0.25, 0.3) is 10.8 Å². The molecule has 24 heavy (non-hydrogen) atoms. The zero-order valence-corrected chi connectivity index (χ0v) is 14.8. The van der Waals surface area contributed by atoms with Crippen molar-refractivity contribution in [2.24, 2.45) is 10.8 Å². The van der Waals surface area contributed by atoms with E-state index in [9.17, 15) is 4.79 Å². The van der Waals surface area contributed by atoms with Gasteiger partial charge in [0.1, 0.15) is 0 Å². The second-order valence-corrected chi connectivity index (χ2v) is 8.80. The van der Waals surface area contributed by atoms with Gasteiger partial charge in [-0.25, -0.2) is 4.79 Å². The summed E-state index contributed by atoms with van der Waals surface area (Å²) in [5, 5.41) is 5.43. The summed E-state index contributed by atoms with van der Waals surface area (Å²) < 4.78 is 0. The number of urea groups is 1. The van der Waals surface area contributed by atoms with Gasteiger partial charge in [-0.1, -0.05) is 57.2 Å². The zero-order valence-electron chi connectivity index (χ0n) is 14.8. The number of likely N-dealkylation sites (tertiary alicyclic amines) is 1. The molecule has 2 amide bonds. The predicted octanol–water partition coefficient (Wildman–Crippen LogP) is 5.27. The van der Waals surface area contributed by atoms with E-state index in [2.05, 4.69) is 49.2 Å². The van der Waals surface area contributed by atoms with Crippen LogP contribution in [0, 0.1) is 10.8 Å². The minimum Gasteiger partial charge on any atom is -0.321 e. The molecule has 0 radical (unpaired) electrons. The molecule has 2 aromatic carbocycles. The first-order valence-electron chi connectivity index (χ1n) is 8.91. The van der Waals surface area contributed by atoms with Gasteiger partial charge in [-0.3, -0.25) is 0 Å². The van der Waals surface area contributed by atoms with Crippen LogP contribution < -0.4 is 5.32 Å². The minimum atomic E-state index is 0.0535. The molecule has 2 aliphatic rings. The molecule has 2 bridgehead atoms. The maximum absolute atomic E-state index is 13.0. The Bertz CT molecular complexity index is 792. The van der Waals surface area contributed by atoms with Crippen molar-refractivity contribution in [2.75, 3.05) is 11.9 Å². The SMILES string of the molecule is CC1(C)C[C@H]2C[C@@](C)(CN2C(=O)Nc2cccc3ccccc23)C1. The largest absolute Gasteiger partial charge is 0.322 e. The first-order valence-corrected chi connectivity index (χ1v) is 8.91. The van der Waals surface area contributed by atoms with Gasteiger partial charge >= 0.3 is 6.03 Å². The third-order valence-corrected chi connectivity index (χ3v) is 5.71. The molecule has 0 unspecified atom stereocenters. The van der Waals surface area contributed by atoms with Gasteiger partial charge in [0.05, 0.1) is 5.69 Å². The lowest BCUT2D eigenvalue weighted by atomic mass is 9.65. The summed E-state index contributed by atoms with van der Waals surface area (Å²) >= 11 is 0. The van der Waals surface area contributed by atoms with Crippen LogP contribution in [0.1, 0.15) is 40.0 Å². The van der Waals surface area contributed by atoms with Crippen LogP contribution in [0.15, 0.2) is 42.5 Å². The van der Waals surface area contributed by atoms with Crippen LogP contribution in [0.4, 0.5) is 10.5 Å². The number of anilines is 1. The fourth-order valence-corrected chi connectivity index (χ4v) is 5.22. The molecule has 1 aliphatic heterocycles. The van der Waals surface area contributed by atoms with Crippen molar-refractivity contribution in [3.8, 4) is 0 Å². The van der Waals surface area contributed by atoms with Crippen LogP contribution in [0.5, 0.6) is 0 Å². The summed E-state index contributed by atoms with van der Waals surface area (Å²) in [4.78, 5) is 15.0. The van der Waals surface area contributed by atoms with Gasteiger partial charge in [-0.15, -0.1) is 0 Å². The second-order valence-electron chi connectivity index (χ2n) is 8.80. The number of rotatable bonds is 1. The Morgan fingerprint density at radius 1 is 1.08 bits per heavy atom. The van der Waals surface area contributed by atoms with E-state index in [-0.39, 0.29) is 11.4 Å². The van der Waals surface area contributed by atoms with Crippen LogP contribution in [0.3, 0.4) is 0 Å². The molecule has 0 aromatic heterocycles. The number of nitrogens with zero attached hydrogens (tertiary/aromatic N) is 1. The molecule has 2 atom stereocenters. The number of carbonyl (C=O) groups excluding carboxylic acids is 1. The highest BCUT2D eigenvalue weighted by Crippen LogP contribution is 2.52. The molecule has 2 aromatic rings. The van der Waals surface area contributed by atoms with E-state index in [0.29, 0.717) is 11.5 Å². The Morgan fingerprint density at radius 2 is 1.83 bits per heavy atom. The molecule has 1 aliphatic carbocycles. The highest BCUT2D eigenvalue weighted by molar-refractivity contribution is 6.01. The first kappa shape index (κ1) is 15.5. The van der Waals surface area contributed by atoms with Crippen LogP contribution in [-0.4, -0.2) is 23.5 Å². The van der Waals surface area contributed by atoms with E-state index >= 15 is 0 Å². The normalized spacial score (nSPS) is 28.1. The van der Waals surface area contributed by atoms with E-state index in [1.807, 2.05) is 24.3 Å². The lowest BCUT2D eigenvalue weighted by Gasteiger charge is -2.39. The Morgan fingerprint density at radius 3 is 2.67 bits per heavy atom. The van der Waals surface area contributed by atoms with E-state index in [4.69, 9.17) is 0 Å². The van der Waals surface area contributed by atoms with Crippen molar-refractivity contribution in [3.63, 3.8) is 0 Å². The summed E-state index contributed by atoms with van der Waals surface area (Å²) in [7, 11) is 0. The maximum atomic E-state index is 13.0. The van der Waals surface area contributed by atoms with Gasteiger partial charge in [0.25, 0.3) is 0 Å². The molecule has 1 N–H and O–H groups in total. The molecular formula is C21H26N2O. The standard InChI is InChI=1S/C21H26N2O/c1-20(2)11-16-12-21(3,13-20)14-23(16)19(24)22-18-10-6-8-15-7-4-5-9-17(15)18/h4-10,16H,11-14H2,1-3H3,(H,22,24)/t16-,21+/m0/s1. The number of carbonyl (C=O) groups is 1. The first-order chi connectivity index (χ1) is 11.4. The van der Waals surface area contributed by atoms with Gasteiger partial charge in [-0.2, -0.15) is 0 Å². The quantitative estimate of drug-likeness (QED) is 0.762. The average Bonchev–Trinajstić information content (AvgIpc) is 2.77. The number of hydrogen-bond acceptors (Lipinski definition) is 1. The molecule has 2 fully saturated rings. The lowest BCUT2D eigenvalue weighted by molar-refractivity contribution is 0.130. The van der Waals surface area contributed by atoms with E-state index in [0.717, 1.165) is 35.8 Å². The third kappa shape index (κ3) is 2.66. The van der Waals surface area contributed by atoms with Gasteiger partial charge < -0.3 is 10.2 Å². The van der Waals surface area contributed by atoms with Gasteiger partial charge in [0.15, 0.2) is 0 Å². The number of hydrogen-bond donors (Lipinski definition) is 1. The monoisotopic (exact) mass is 322 g/mol. The Hall–Kier alpha value is -2.03. The number of amides is 2. The number of nitrogens with one attached hydrogen (secondary N) is 1. The Kier molecular flexibility index (Phi) is 3.38. The van der Waals surface area contributed by atoms with Crippen molar-refractivity contribution in [1.29, 1.82) is 0 Å². The molecule has 1 saturated carbocycles. The number of benzene rings is 2. The van der Waals surface area contributed by atoms with Gasteiger partial charge in [0.2, 0.25) is 0 Å². The molecular weight excluding hydrogens is 296 g/mol. The molecule has 3 heteroatoms. The van der Waals surface area contributed by atoms with E-state index in [1.165, 1.54) is 6.42 Å². The van der Waals surface area contributed by atoms with Crippen LogP contribution in [0.2, 0.25) is 0 Å².